The number of benzene rings is 1. The Bertz CT molecular complexity index is 579. The lowest BCUT2D eigenvalue weighted by atomic mass is 10.1. The van der Waals surface area contributed by atoms with Crippen LogP contribution in [-0.2, 0) is 5.75 Å². The van der Waals surface area contributed by atoms with Crippen LogP contribution in [0.5, 0.6) is 0 Å². The van der Waals surface area contributed by atoms with Crippen LogP contribution in [0.25, 0.3) is 0 Å². The van der Waals surface area contributed by atoms with Gasteiger partial charge in [0.1, 0.15) is 0 Å². The molecule has 0 amide bonds. The van der Waals surface area contributed by atoms with Gasteiger partial charge in [0.2, 0.25) is 0 Å². The summed E-state index contributed by atoms with van der Waals surface area (Å²) in [5, 5.41) is 11.5. The van der Waals surface area contributed by atoms with Gasteiger partial charge < -0.3 is 10.6 Å². The van der Waals surface area contributed by atoms with Gasteiger partial charge in [0, 0.05) is 23.7 Å². The van der Waals surface area contributed by atoms with Gasteiger partial charge >= 0.3 is 0 Å². The molecule has 0 fully saturated rings. The molecule has 1 aromatic heterocycles. The average Bonchev–Trinajstić information content (AvgIpc) is 2.96. The van der Waals surface area contributed by atoms with Gasteiger partial charge in [0.15, 0.2) is 5.11 Å². The fourth-order valence-electron chi connectivity index (χ4n) is 1.84. The van der Waals surface area contributed by atoms with Crippen molar-refractivity contribution in [1.82, 2.24) is 5.32 Å². The van der Waals surface area contributed by atoms with E-state index >= 15 is 0 Å². The fourth-order valence-corrected chi connectivity index (χ4v) is 3.63. The highest BCUT2D eigenvalue weighted by molar-refractivity contribution is 7.98. The number of nitrogens with one attached hydrogen (secondary N) is 2. The first-order valence-corrected chi connectivity index (χ1v) is 9.36. The molecular formula is C16H20N2S3. The molecular weight excluding hydrogens is 316 g/mol. The summed E-state index contributed by atoms with van der Waals surface area (Å²) in [4.78, 5) is 0. The number of aryl methyl sites for hydroxylation is 2. The van der Waals surface area contributed by atoms with E-state index in [4.69, 9.17) is 12.2 Å². The number of thiocarbonyl (C=S) groups is 1. The van der Waals surface area contributed by atoms with Gasteiger partial charge in [-0.2, -0.15) is 23.1 Å². The number of hydrogen-bond acceptors (Lipinski definition) is 3. The maximum absolute atomic E-state index is 5.34. The first-order chi connectivity index (χ1) is 10.1. The zero-order valence-corrected chi connectivity index (χ0v) is 14.8. The van der Waals surface area contributed by atoms with Crippen LogP contribution < -0.4 is 10.6 Å². The molecule has 112 valence electrons. The van der Waals surface area contributed by atoms with E-state index in [9.17, 15) is 0 Å². The van der Waals surface area contributed by atoms with Crippen molar-refractivity contribution >= 4 is 46.1 Å². The third-order valence-corrected chi connectivity index (χ3v) is 5.03. The summed E-state index contributed by atoms with van der Waals surface area (Å²) in [6.45, 7) is 5.05. The van der Waals surface area contributed by atoms with Crippen LogP contribution in [0.4, 0.5) is 5.69 Å². The van der Waals surface area contributed by atoms with Crippen molar-refractivity contribution in [2.45, 2.75) is 19.6 Å². The van der Waals surface area contributed by atoms with Gasteiger partial charge in [-0.15, -0.1) is 0 Å². The molecule has 2 N–H and O–H groups in total. The fraction of sp³-hybridized carbons (Fsp3) is 0.312. The molecule has 0 unspecified atom stereocenters. The minimum absolute atomic E-state index is 0.694. The topological polar surface area (TPSA) is 24.1 Å². The van der Waals surface area contributed by atoms with Crippen LogP contribution in [0.3, 0.4) is 0 Å². The summed E-state index contributed by atoms with van der Waals surface area (Å²) in [6.07, 6.45) is 0. The molecule has 0 atom stereocenters. The Kier molecular flexibility index (Phi) is 6.54. The van der Waals surface area contributed by atoms with Gasteiger partial charge in [-0.1, -0.05) is 12.1 Å². The van der Waals surface area contributed by atoms with Gasteiger partial charge in [0.25, 0.3) is 0 Å². The molecule has 1 aromatic carbocycles. The van der Waals surface area contributed by atoms with Gasteiger partial charge in [-0.3, -0.25) is 0 Å². The number of hydrogen-bond donors (Lipinski definition) is 2. The SMILES string of the molecule is Cc1ccc(C)c(NC(=S)NCCSCc2ccsc2)c1. The Morgan fingerprint density at radius 2 is 2.14 bits per heavy atom. The van der Waals surface area contributed by atoms with Crippen LogP contribution in [0, 0.1) is 13.8 Å². The Hall–Kier alpha value is -1.04. The third-order valence-electron chi connectivity index (χ3n) is 3.02. The van der Waals surface area contributed by atoms with Crippen LogP contribution in [0.1, 0.15) is 16.7 Å². The van der Waals surface area contributed by atoms with E-state index in [2.05, 4.69) is 59.5 Å². The first-order valence-electron chi connectivity index (χ1n) is 6.86. The lowest BCUT2D eigenvalue weighted by Gasteiger charge is -2.13. The maximum Gasteiger partial charge on any atom is 0.170 e. The lowest BCUT2D eigenvalue weighted by Crippen LogP contribution is -2.30. The molecule has 0 spiro atoms. The summed E-state index contributed by atoms with van der Waals surface area (Å²) in [6, 6.07) is 8.52. The Morgan fingerprint density at radius 1 is 1.29 bits per heavy atom. The van der Waals surface area contributed by atoms with E-state index in [1.165, 1.54) is 16.7 Å². The highest BCUT2D eigenvalue weighted by Gasteiger charge is 2.01. The monoisotopic (exact) mass is 336 g/mol. The molecule has 0 bridgehead atoms. The summed E-state index contributed by atoms with van der Waals surface area (Å²) in [7, 11) is 0. The van der Waals surface area contributed by atoms with Crippen molar-refractivity contribution < 1.29 is 0 Å². The van der Waals surface area contributed by atoms with Crippen molar-refractivity contribution in [1.29, 1.82) is 0 Å². The van der Waals surface area contributed by atoms with Crippen molar-refractivity contribution in [2.75, 3.05) is 17.6 Å². The zero-order chi connectivity index (χ0) is 15.1. The van der Waals surface area contributed by atoms with E-state index < -0.39 is 0 Å². The minimum atomic E-state index is 0.694. The molecule has 0 radical (unpaired) electrons. The van der Waals surface area contributed by atoms with Crippen LogP contribution in [-0.4, -0.2) is 17.4 Å². The van der Waals surface area contributed by atoms with Gasteiger partial charge in [-0.25, -0.2) is 0 Å². The zero-order valence-electron chi connectivity index (χ0n) is 12.3. The highest BCUT2D eigenvalue weighted by atomic mass is 32.2. The van der Waals surface area contributed by atoms with Crippen LogP contribution in [0.2, 0.25) is 0 Å². The Labute approximate surface area is 140 Å². The number of rotatable bonds is 6. The predicted molar refractivity (Wildman–Crippen MR) is 101 cm³/mol. The standard InChI is InChI=1S/C16H20N2S3/c1-12-3-4-13(2)15(9-12)18-16(19)17-6-8-21-11-14-5-7-20-10-14/h3-5,7,9-10H,6,8,11H2,1-2H3,(H2,17,18,19). The van der Waals surface area contributed by atoms with E-state index in [1.807, 2.05) is 11.8 Å². The van der Waals surface area contributed by atoms with E-state index in [-0.39, 0.29) is 0 Å². The molecule has 5 heteroatoms. The molecule has 1 heterocycles. The normalized spacial score (nSPS) is 10.4. The molecule has 0 saturated carbocycles. The molecule has 21 heavy (non-hydrogen) atoms. The molecule has 2 nitrogen and oxygen atoms in total. The second-order valence-electron chi connectivity index (χ2n) is 4.88. The smallest absolute Gasteiger partial charge is 0.170 e. The summed E-state index contributed by atoms with van der Waals surface area (Å²) in [5.74, 6) is 2.12. The minimum Gasteiger partial charge on any atom is -0.362 e. The largest absolute Gasteiger partial charge is 0.362 e. The van der Waals surface area contributed by atoms with Crippen molar-refractivity contribution in [3.05, 3.63) is 51.7 Å². The van der Waals surface area contributed by atoms with Crippen molar-refractivity contribution in [2.24, 2.45) is 0 Å². The van der Waals surface area contributed by atoms with Crippen molar-refractivity contribution in [3.8, 4) is 0 Å². The quantitative estimate of drug-likeness (QED) is 0.595. The summed E-state index contributed by atoms with van der Waals surface area (Å²) >= 11 is 9.01. The molecule has 0 aliphatic carbocycles. The van der Waals surface area contributed by atoms with Crippen molar-refractivity contribution in [3.63, 3.8) is 0 Å². The molecule has 0 aliphatic rings. The van der Waals surface area contributed by atoms with Crippen LogP contribution >= 0.6 is 35.3 Å². The number of thioether (sulfide) groups is 1. The second-order valence-corrected chi connectivity index (χ2v) is 7.18. The highest BCUT2D eigenvalue weighted by Crippen LogP contribution is 2.16. The number of anilines is 1. The second kappa shape index (κ2) is 8.41. The summed E-state index contributed by atoms with van der Waals surface area (Å²) in [5.41, 5.74) is 4.92. The molecule has 0 saturated heterocycles. The van der Waals surface area contributed by atoms with E-state index in [0.717, 1.165) is 23.7 Å². The Balaban J connectivity index is 1.66. The predicted octanol–water partition coefficient (Wildman–Crippen LogP) is 4.58. The third kappa shape index (κ3) is 5.69. The maximum atomic E-state index is 5.34. The average molecular weight is 337 g/mol. The Morgan fingerprint density at radius 3 is 2.90 bits per heavy atom. The molecule has 0 aliphatic heterocycles. The molecule has 2 rings (SSSR count). The molecule has 2 aromatic rings. The first kappa shape index (κ1) is 16.3. The number of thiophene rings is 1. The summed E-state index contributed by atoms with van der Waals surface area (Å²) < 4.78 is 0. The van der Waals surface area contributed by atoms with Gasteiger partial charge in [-0.05, 0) is 65.6 Å². The lowest BCUT2D eigenvalue weighted by molar-refractivity contribution is 0.989. The van der Waals surface area contributed by atoms with Crippen LogP contribution in [0.15, 0.2) is 35.0 Å². The van der Waals surface area contributed by atoms with Gasteiger partial charge in [0.05, 0.1) is 0 Å². The van der Waals surface area contributed by atoms with E-state index in [0.29, 0.717) is 5.11 Å². The van der Waals surface area contributed by atoms with E-state index in [1.54, 1.807) is 11.3 Å².